The van der Waals surface area contributed by atoms with Gasteiger partial charge in [-0.2, -0.15) is 0 Å². The van der Waals surface area contributed by atoms with Crippen molar-refractivity contribution < 1.29 is 12.8 Å². The topological polar surface area (TPSA) is 62.6 Å². The van der Waals surface area contributed by atoms with Crippen LogP contribution < -0.4 is 5.32 Å². The quantitative estimate of drug-likeness (QED) is 0.872. The number of hydrogen-bond acceptors (Lipinski definition) is 4. The highest BCUT2D eigenvalue weighted by Crippen LogP contribution is 2.22. The second kappa shape index (κ2) is 7.51. The van der Waals surface area contributed by atoms with Crippen molar-refractivity contribution in [1.29, 1.82) is 0 Å². The summed E-state index contributed by atoms with van der Waals surface area (Å²) in [6.45, 7) is 3.56. The van der Waals surface area contributed by atoms with Crippen LogP contribution in [0.3, 0.4) is 0 Å². The largest absolute Gasteiger partial charge is 0.460 e. The highest BCUT2D eigenvalue weighted by molar-refractivity contribution is 7.89. The maximum absolute atomic E-state index is 11.9. The summed E-state index contributed by atoms with van der Waals surface area (Å²) < 4.78 is 31.2. The lowest BCUT2D eigenvalue weighted by molar-refractivity contribution is 0.284. The molecule has 0 atom stereocenters. The fourth-order valence-electron chi connectivity index (χ4n) is 3.00. The van der Waals surface area contributed by atoms with E-state index < -0.39 is 10.0 Å². The molecule has 2 heterocycles. The third kappa shape index (κ3) is 4.06. The first-order valence-electron chi connectivity index (χ1n) is 8.44. The normalized spacial score (nSPS) is 17.2. The van der Waals surface area contributed by atoms with Gasteiger partial charge >= 0.3 is 0 Å². The van der Waals surface area contributed by atoms with Gasteiger partial charge in [0.2, 0.25) is 10.0 Å². The van der Waals surface area contributed by atoms with Crippen molar-refractivity contribution in [2.24, 2.45) is 0 Å². The molecule has 0 amide bonds. The summed E-state index contributed by atoms with van der Waals surface area (Å²) >= 11 is 0. The number of nitrogens with zero attached hydrogens (tertiary/aromatic N) is 1. The van der Waals surface area contributed by atoms with E-state index in [0.29, 0.717) is 25.7 Å². The predicted molar refractivity (Wildman–Crippen MR) is 95.0 cm³/mol. The van der Waals surface area contributed by atoms with E-state index in [9.17, 15) is 8.42 Å². The average molecular weight is 348 g/mol. The van der Waals surface area contributed by atoms with Crippen LogP contribution in [0.2, 0.25) is 0 Å². The van der Waals surface area contributed by atoms with Crippen LogP contribution in [0.15, 0.2) is 46.9 Å². The van der Waals surface area contributed by atoms with Gasteiger partial charge in [-0.1, -0.05) is 30.3 Å². The fraction of sp³-hybridized carbons (Fsp3) is 0.444. The molecule has 0 unspecified atom stereocenters. The molecular weight excluding hydrogens is 324 g/mol. The van der Waals surface area contributed by atoms with Gasteiger partial charge in [0.25, 0.3) is 0 Å². The monoisotopic (exact) mass is 348 g/mol. The van der Waals surface area contributed by atoms with Crippen molar-refractivity contribution in [3.05, 3.63) is 48.2 Å². The van der Waals surface area contributed by atoms with Crippen LogP contribution in [0.4, 0.5) is 0 Å². The summed E-state index contributed by atoms with van der Waals surface area (Å²) in [7, 11) is -3.05. The van der Waals surface area contributed by atoms with Crippen LogP contribution in [-0.2, 0) is 16.6 Å². The van der Waals surface area contributed by atoms with Gasteiger partial charge in [0.05, 0.1) is 12.3 Å². The molecule has 6 heteroatoms. The second-order valence-electron chi connectivity index (χ2n) is 6.09. The van der Waals surface area contributed by atoms with Crippen molar-refractivity contribution in [3.8, 4) is 11.3 Å². The smallest absolute Gasteiger partial charge is 0.213 e. The number of sulfonamides is 1. The van der Waals surface area contributed by atoms with E-state index in [4.69, 9.17) is 4.42 Å². The maximum atomic E-state index is 11.9. The van der Waals surface area contributed by atoms with Crippen LogP contribution in [0.1, 0.15) is 25.5 Å². The summed E-state index contributed by atoms with van der Waals surface area (Å²) in [5.41, 5.74) is 1.07. The molecule has 1 aromatic heterocycles. The lowest BCUT2D eigenvalue weighted by Crippen LogP contribution is -2.45. The molecule has 1 aliphatic rings. The van der Waals surface area contributed by atoms with E-state index >= 15 is 0 Å². The maximum Gasteiger partial charge on any atom is 0.213 e. The van der Waals surface area contributed by atoms with Gasteiger partial charge in [0.1, 0.15) is 11.5 Å². The summed E-state index contributed by atoms with van der Waals surface area (Å²) in [4.78, 5) is 0. The zero-order chi connectivity index (χ0) is 17.0. The summed E-state index contributed by atoms with van der Waals surface area (Å²) in [6.07, 6.45) is 1.68. The molecule has 1 N–H and O–H groups in total. The highest BCUT2D eigenvalue weighted by atomic mass is 32.2. The zero-order valence-corrected chi connectivity index (χ0v) is 14.8. The molecule has 1 aromatic carbocycles. The Bertz CT molecular complexity index is 748. The van der Waals surface area contributed by atoms with E-state index in [2.05, 4.69) is 5.32 Å². The molecule has 3 rings (SSSR count). The lowest BCUT2D eigenvalue weighted by atomic mass is 10.1. The van der Waals surface area contributed by atoms with Crippen LogP contribution in [-0.4, -0.2) is 37.6 Å². The van der Waals surface area contributed by atoms with Gasteiger partial charge < -0.3 is 9.73 Å². The molecule has 24 heavy (non-hydrogen) atoms. The number of hydrogen-bond donors (Lipinski definition) is 1. The molecule has 0 aliphatic carbocycles. The van der Waals surface area contributed by atoms with Gasteiger partial charge in [-0.05, 0) is 31.9 Å². The Morgan fingerprint density at radius 3 is 2.50 bits per heavy atom. The minimum Gasteiger partial charge on any atom is -0.460 e. The van der Waals surface area contributed by atoms with Crippen LogP contribution >= 0.6 is 0 Å². The van der Waals surface area contributed by atoms with E-state index in [-0.39, 0.29) is 5.75 Å². The first kappa shape index (κ1) is 17.2. The van der Waals surface area contributed by atoms with Gasteiger partial charge in [0.15, 0.2) is 0 Å². The van der Waals surface area contributed by atoms with E-state index in [1.54, 1.807) is 11.2 Å². The molecule has 1 saturated heterocycles. The fourth-order valence-corrected chi connectivity index (χ4v) is 4.13. The third-order valence-electron chi connectivity index (χ3n) is 4.50. The second-order valence-corrected chi connectivity index (χ2v) is 8.34. The Balaban J connectivity index is 1.50. The molecule has 130 valence electrons. The molecule has 0 bridgehead atoms. The first-order valence-corrected chi connectivity index (χ1v) is 10.0. The molecule has 1 aliphatic heterocycles. The van der Waals surface area contributed by atoms with Gasteiger partial charge in [-0.3, -0.25) is 0 Å². The van der Waals surface area contributed by atoms with Crippen molar-refractivity contribution in [3.63, 3.8) is 0 Å². The van der Waals surface area contributed by atoms with E-state index in [0.717, 1.165) is 29.9 Å². The highest BCUT2D eigenvalue weighted by Gasteiger charge is 2.26. The zero-order valence-electron chi connectivity index (χ0n) is 13.9. The molecule has 0 radical (unpaired) electrons. The third-order valence-corrected chi connectivity index (χ3v) is 6.38. The van der Waals surface area contributed by atoms with E-state index in [1.807, 2.05) is 42.5 Å². The van der Waals surface area contributed by atoms with Gasteiger partial charge in [0, 0.05) is 24.7 Å². The van der Waals surface area contributed by atoms with Crippen LogP contribution in [0.25, 0.3) is 11.3 Å². The Labute approximate surface area is 143 Å². The van der Waals surface area contributed by atoms with E-state index in [1.165, 1.54) is 0 Å². The number of nitrogens with one attached hydrogen (secondary N) is 1. The number of rotatable bonds is 6. The van der Waals surface area contributed by atoms with Crippen molar-refractivity contribution >= 4 is 10.0 Å². The first-order chi connectivity index (χ1) is 11.6. The van der Waals surface area contributed by atoms with Crippen molar-refractivity contribution in [2.75, 3.05) is 18.8 Å². The molecule has 0 saturated carbocycles. The number of piperidine rings is 1. The molecule has 0 spiro atoms. The molecule has 2 aromatic rings. The minimum atomic E-state index is -3.05. The SMILES string of the molecule is CCS(=O)(=O)N1CCC(NCc2ccc(-c3ccccc3)o2)CC1. The molecular formula is C18H24N2O3S. The molecule has 5 nitrogen and oxygen atoms in total. The Morgan fingerprint density at radius 2 is 1.83 bits per heavy atom. The van der Waals surface area contributed by atoms with Crippen molar-refractivity contribution in [2.45, 2.75) is 32.4 Å². The van der Waals surface area contributed by atoms with Gasteiger partial charge in [-0.15, -0.1) is 0 Å². The average Bonchev–Trinajstić information content (AvgIpc) is 3.10. The van der Waals surface area contributed by atoms with Crippen LogP contribution in [0, 0.1) is 0 Å². The summed E-state index contributed by atoms with van der Waals surface area (Å²) in [5.74, 6) is 1.95. The lowest BCUT2D eigenvalue weighted by Gasteiger charge is -2.31. The Morgan fingerprint density at radius 1 is 1.12 bits per heavy atom. The predicted octanol–water partition coefficient (Wildman–Crippen LogP) is 2.85. The van der Waals surface area contributed by atoms with Gasteiger partial charge in [-0.25, -0.2) is 12.7 Å². The summed E-state index contributed by atoms with van der Waals surface area (Å²) in [5, 5.41) is 3.48. The van der Waals surface area contributed by atoms with Crippen molar-refractivity contribution in [1.82, 2.24) is 9.62 Å². The molecule has 1 fully saturated rings. The number of furan rings is 1. The standard InChI is InChI=1S/C18H24N2O3S/c1-2-24(21,22)20-12-10-16(11-13-20)19-14-17-8-9-18(23-17)15-6-4-3-5-7-15/h3-9,16,19H,2,10-14H2,1H3. The number of benzene rings is 1. The van der Waals surface area contributed by atoms with Crippen LogP contribution in [0.5, 0.6) is 0 Å². The summed E-state index contributed by atoms with van der Waals surface area (Å²) in [6, 6.07) is 14.3. The Hall–Kier alpha value is -1.63. The minimum absolute atomic E-state index is 0.180. The Kier molecular flexibility index (Phi) is 5.38.